The number of carbonyl (C=O) groups excluding carboxylic acids is 1. The van der Waals surface area contributed by atoms with Gasteiger partial charge in [-0.15, -0.1) is 5.10 Å². The molecule has 9 heteroatoms. The Morgan fingerprint density at radius 2 is 2.00 bits per heavy atom. The van der Waals surface area contributed by atoms with Gasteiger partial charge in [0, 0.05) is 44.8 Å². The second-order valence-corrected chi connectivity index (χ2v) is 5.66. The van der Waals surface area contributed by atoms with Crippen LogP contribution in [0.15, 0.2) is 36.8 Å². The van der Waals surface area contributed by atoms with Gasteiger partial charge in [0.15, 0.2) is 0 Å². The maximum absolute atomic E-state index is 12.2. The SMILES string of the molecule is COc1nn(C)cc1C(=O)NCCNc1cc(-n2cccc2)nc(C)n1. The maximum Gasteiger partial charge on any atom is 0.258 e. The molecule has 3 aromatic rings. The van der Waals surface area contributed by atoms with Gasteiger partial charge in [0.1, 0.15) is 23.0 Å². The molecule has 0 spiro atoms. The second-order valence-electron chi connectivity index (χ2n) is 5.66. The molecule has 0 aromatic carbocycles. The van der Waals surface area contributed by atoms with Gasteiger partial charge in [0.2, 0.25) is 5.88 Å². The topological polar surface area (TPSA) is 98.9 Å². The van der Waals surface area contributed by atoms with Crippen molar-refractivity contribution in [2.45, 2.75) is 6.92 Å². The average molecular weight is 355 g/mol. The number of methoxy groups -OCH3 is 1. The number of ether oxygens (including phenoxy) is 1. The van der Waals surface area contributed by atoms with Gasteiger partial charge in [0.25, 0.3) is 5.91 Å². The fourth-order valence-electron chi connectivity index (χ4n) is 2.50. The smallest absolute Gasteiger partial charge is 0.258 e. The van der Waals surface area contributed by atoms with E-state index in [0.29, 0.717) is 36.2 Å². The number of anilines is 1. The molecule has 136 valence electrons. The first kappa shape index (κ1) is 17.5. The largest absolute Gasteiger partial charge is 0.479 e. The van der Waals surface area contributed by atoms with Crippen molar-refractivity contribution in [3.05, 3.63) is 48.2 Å². The summed E-state index contributed by atoms with van der Waals surface area (Å²) in [5.74, 6) is 2.23. The van der Waals surface area contributed by atoms with E-state index in [1.165, 1.54) is 7.11 Å². The van der Waals surface area contributed by atoms with Crippen LogP contribution in [0.1, 0.15) is 16.2 Å². The third-order valence-electron chi connectivity index (χ3n) is 3.64. The molecule has 0 radical (unpaired) electrons. The molecule has 1 amide bonds. The lowest BCUT2D eigenvalue weighted by atomic mass is 10.3. The van der Waals surface area contributed by atoms with Gasteiger partial charge in [-0.2, -0.15) is 0 Å². The van der Waals surface area contributed by atoms with Crippen molar-refractivity contribution in [2.75, 3.05) is 25.5 Å². The maximum atomic E-state index is 12.2. The van der Waals surface area contributed by atoms with Crippen molar-refractivity contribution in [1.29, 1.82) is 0 Å². The highest BCUT2D eigenvalue weighted by molar-refractivity contribution is 5.96. The molecule has 0 atom stereocenters. The van der Waals surface area contributed by atoms with Gasteiger partial charge in [0.05, 0.1) is 7.11 Å². The minimum atomic E-state index is -0.233. The second kappa shape index (κ2) is 7.68. The van der Waals surface area contributed by atoms with Gasteiger partial charge in [-0.25, -0.2) is 9.97 Å². The zero-order chi connectivity index (χ0) is 18.5. The fourth-order valence-corrected chi connectivity index (χ4v) is 2.50. The van der Waals surface area contributed by atoms with Crippen LogP contribution in [0, 0.1) is 6.92 Å². The first-order valence-electron chi connectivity index (χ1n) is 8.15. The molecule has 0 fully saturated rings. The lowest BCUT2D eigenvalue weighted by molar-refractivity contribution is 0.0952. The number of aromatic nitrogens is 5. The van der Waals surface area contributed by atoms with Crippen LogP contribution < -0.4 is 15.4 Å². The first-order chi connectivity index (χ1) is 12.6. The van der Waals surface area contributed by atoms with Gasteiger partial charge < -0.3 is 19.9 Å². The van der Waals surface area contributed by atoms with Gasteiger partial charge in [-0.1, -0.05) is 0 Å². The van der Waals surface area contributed by atoms with Crippen LogP contribution >= 0.6 is 0 Å². The highest BCUT2D eigenvalue weighted by Gasteiger charge is 2.15. The fraction of sp³-hybridized carbons (Fsp3) is 0.294. The Morgan fingerprint density at radius 1 is 1.23 bits per heavy atom. The van der Waals surface area contributed by atoms with Gasteiger partial charge >= 0.3 is 0 Å². The molecule has 0 unspecified atom stereocenters. The number of carbonyl (C=O) groups is 1. The van der Waals surface area contributed by atoms with Crippen LogP contribution in [0.2, 0.25) is 0 Å². The molecular weight excluding hydrogens is 334 g/mol. The molecule has 0 saturated carbocycles. The van der Waals surface area contributed by atoms with E-state index in [9.17, 15) is 4.79 Å². The minimum Gasteiger partial charge on any atom is -0.479 e. The van der Waals surface area contributed by atoms with Gasteiger partial charge in [-0.05, 0) is 19.1 Å². The summed E-state index contributed by atoms with van der Waals surface area (Å²) in [6, 6.07) is 5.73. The van der Waals surface area contributed by atoms with E-state index in [1.807, 2.05) is 42.1 Å². The lowest BCUT2D eigenvalue weighted by Crippen LogP contribution is -2.29. The van der Waals surface area contributed by atoms with Gasteiger partial charge in [-0.3, -0.25) is 9.48 Å². The van der Waals surface area contributed by atoms with Crippen LogP contribution in [-0.4, -0.2) is 50.4 Å². The Hall–Kier alpha value is -3.36. The summed E-state index contributed by atoms with van der Waals surface area (Å²) in [7, 11) is 3.22. The molecule has 0 bridgehead atoms. The van der Waals surface area contributed by atoms with Crippen molar-refractivity contribution in [3.63, 3.8) is 0 Å². The van der Waals surface area contributed by atoms with Crippen molar-refractivity contribution >= 4 is 11.7 Å². The summed E-state index contributed by atoms with van der Waals surface area (Å²) < 4.78 is 8.55. The number of amides is 1. The third-order valence-corrected chi connectivity index (χ3v) is 3.64. The summed E-state index contributed by atoms with van der Waals surface area (Å²) in [5, 5.41) is 10.1. The highest BCUT2D eigenvalue weighted by atomic mass is 16.5. The van der Waals surface area contributed by atoms with E-state index in [0.717, 1.165) is 5.82 Å². The molecule has 3 heterocycles. The highest BCUT2D eigenvalue weighted by Crippen LogP contribution is 2.14. The number of nitrogens with zero attached hydrogens (tertiary/aromatic N) is 5. The monoisotopic (exact) mass is 355 g/mol. The molecule has 26 heavy (non-hydrogen) atoms. The van der Waals surface area contributed by atoms with Crippen LogP contribution in [0.4, 0.5) is 5.82 Å². The Kier molecular flexibility index (Phi) is 5.16. The van der Waals surface area contributed by atoms with E-state index in [-0.39, 0.29) is 5.91 Å². The molecule has 3 aromatic heterocycles. The van der Waals surface area contributed by atoms with E-state index < -0.39 is 0 Å². The Morgan fingerprint density at radius 3 is 2.73 bits per heavy atom. The average Bonchev–Trinajstić information content (AvgIpc) is 3.27. The normalized spacial score (nSPS) is 10.6. The van der Waals surface area contributed by atoms with E-state index in [1.54, 1.807) is 17.9 Å². The molecule has 0 aliphatic carbocycles. The standard InChI is InChI=1S/C17H21N7O2/c1-12-20-14(10-15(21-12)24-8-4-5-9-24)18-6-7-19-16(25)13-11-23(2)22-17(13)26-3/h4-5,8-11H,6-7H2,1-3H3,(H,19,25)(H,18,20,21). The zero-order valence-electron chi connectivity index (χ0n) is 14.9. The molecule has 3 rings (SSSR count). The zero-order valence-corrected chi connectivity index (χ0v) is 14.9. The Balaban J connectivity index is 1.56. The van der Waals surface area contributed by atoms with Crippen molar-refractivity contribution in [2.24, 2.45) is 7.05 Å². The summed E-state index contributed by atoms with van der Waals surface area (Å²) >= 11 is 0. The Bertz CT molecular complexity index is 887. The first-order valence-corrected chi connectivity index (χ1v) is 8.15. The molecule has 0 aliphatic rings. The van der Waals surface area contributed by atoms with Crippen LogP contribution in [0.3, 0.4) is 0 Å². The van der Waals surface area contributed by atoms with E-state index >= 15 is 0 Å². The predicted molar refractivity (Wildman–Crippen MR) is 96.7 cm³/mol. The van der Waals surface area contributed by atoms with Crippen LogP contribution in [-0.2, 0) is 7.05 Å². The number of aryl methyl sites for hydroxylation is 2. The van der Waals surface area contributed by atoms with E-state index in [4.69, 9.17) is 4.74 Å². The summed E-state index contributed by atoms with van der Waals surface area (Å²) in [6.45, 7) is 2.79. The number of rotatable bonds is 7. The summed E-state index contributed by atoms with van der Waals surface area (Å²) in [5.41, 5.74) is 0.405. The quantitative estimate of drug-likeness (QED) is 0.617. The van der Waals surface area contributed by atoms with E-state index in [2.05, 4.69) is 25.7 Å². The minimum absolute atomic E-state index is 0.233. The van der Waals surface area contributed by atoms with Crippen molar-refractivity contribution < 1.29 is 9.53 Å². The number of hydrogen-bond donors (Lipinski definition) is 2. The third kappa shape index (κ3) is 4.00. The molecule has 9 nitrogen and oxygen atoms in total. The van der Waals surface area contributed by atoms with Crippen LogP contribution in [0.25, 0.3) is 5.82 Å². The van der Waals surface area contributed by atoms with Crippen LogP contribution in [0.5, 0.6) is 5.88 Å². The number of hydrogen-bond acceptors (Lipinski definition) is 6. The summed E-state index contributed by atoms with van der Waals surface area (Å²) in [6.07, 6.45) is 5.47. The van der Waals surface area contributed by atoms with Crippen molar-refractivity contribution in [1.82, 2.24) is 29.6 Å². The summed E-state index contributed by atoms with van der Waals surface area (Å²) in [4.78, 5) is 21.0. The Labute approximate surface area is 151 Å². The van der Waals surface area contributed by atoms with Crippen molar-refractivity contribution in [3.8, 4) is 11.7 Å². The predicted octanol–water partition coefficient (Wildman–Crippen LogP) is 1.16. The number of nitrogens with one attached hydrogen (secondary N) is 2. The molecular formula is C17H21N7O2. The molecule has 2 N–H and O–H groups in total. The molecule has 0 aliphatic heterocycles. The lowest BCUT2D eigenvalue weighted by Gasteiger charge is -2.10. The molecule has 0 saturated heterocycles.